The predicted molar refractivity (Wildman–Crippen MR) is 226 cm³/mol. The summed E-state index contributed by atoms with van der Waals surface area (Å²) in [5.41, 5.74) is 6.55. The first-order valence-electron chi connectivity index (χ1n) is 19.8. The van der Waals surface area contributed by atoms with Gasteiger partial charge in [0.25, 0.3) is 0 Å². The summed E-state index contributed by atoms with van der Waals surface area (Å²) >= 11 is 0. The molecule has 56 heavy (non-hydrogen) atoms. The van der Waals surface area contributed by atoms with Crippen LogP contribution >= 0.6 is 0 Å². The molecule has 0 amide bonds. The Morgan fingerprint density at radius 2 is 0.589 bits per heavy atom. The molecule has 0 atom stereocenters. The largest absolute Gasteiger partial charge is 0.504 e. The van der Waals surface area contributed by atoms with E-state index in [0.717, 1.165) is 62.5 Å². The Balaban J connectivity index is 2.03. The summed E-state index contributed by atoms with van der Waals surface area (Å²) in [6.45, 7) is 18.5. The number of rotatable bonds is 21. The molecular weight excluding hydrogens is 705 g/mol. The molecule has 8 heteroatoms. The van der Waals surface area contributed by atoms with Gasteiger partial charge in [-0.2, -0.15) is 0 Å². The minimum absolute atomic E-state index is 0.0986. The van der Waals surface area contributed by atoms with E-state index in [1.807, 2.05) is 13.8 Å². The highest BCUT2D eigenvalue weighted by Crippen LogP contribution is 2.34. The first kappa shape index (κ1) is 47.2. The Morgan fingerprint density at radius 1 is 0.357 bits per heavy atom. The molecule has 304 valence electrons. The molecule has 2 rings (SSSR count). The first-order chi connectivity index (χ1) is 26.3. The fourth-order valence-electron chi connectivity index (χ4n) is 6.31. The van der Waals surface area contributed by atoms with Crippen molar-refractivity contribution >= 4 is 23.1 Å². The fourth-order valence-corrected chi connectivity index (χ4v) is 6.31. The molecule has 0 spiro atoms. The van der Waals surface area contributed by atoms with Gasteiger partial charge in [-0.15, -0.1) is 0 Å². The summed E-state index contributed by atoms with van der Waals surface area (Å²) in [4.78, 5) is 52.6. The van der Waals surface area contributed by atoms with Crippen LogP contribution in [0.25, 0.3) is 0 Å². The van der Waals surface area contributed by atoms with E-state index in [1.54, 1.807) is 12.2 Å². The molecule has 0 radical (unpaired) electrons. The van der Waals surface area contributed by atoms with Crippen LogP contribution in [0.3, 0.4) is 0 Å². The van der Waals surface area contributed by atoms with Gasteiger partial charge in [0.1, 0.15) is 0 Å². The van der Waals surface area contributed by atoms with Crippen LogP contribution in [0.1, 0.15) is 146 Å². The number of aliphatic hydroxyl groups excluding tert-OH is 4. The molecule has 0 fully saturated rings. The average molecular weight is 769 g/mol. The van der Waals surface area contributed by atoms with E-state index in [-0.39, 0.29) is 24.0 Å². The highest BCUT2D eigenvalue weighted by molar-refractivity contribution is 6.26. The van der Waals surface area contributed by atoms with Crippen molar-refractivity contribution in [1.82, 2.24) is 0 Å². The smallest absolute Gasteiger partial charge is 0.227 e. The lowest BCUT2D eigenvalue weighted by atomic mass is 9.83. The van der Waals surface area contributed by atoms with Crippen molar-refractivity contribution in [2.75, 3.05) is 0 Å². The Morgan fingerprint density at radius 3 is 0.875 bits per heavy atom. The van der Waals surface area contributed by atoms with Gasteiger partial charge in [-0.3, -0.25) is 19.2 Å². The van der Waals surface area contributed by atoms with E-state index in [4.69, 9.17) is 0 Å². The van der Waals surface area contributed by atoms with Gasteiger partial charge in [0, 0.05) is 6.42 Å². The molecule has 2 aliphatic carbocycles. The van der Waals surface area contributed by atoms with Crippen molar-refractivity contribution in [2.45, 2.75) is 146 Å². The second kappa shape index (κ2) is 23.2. The molecule has 0 bridgehead atoms. The predicted octanol–water partition coefficient (Wildman–Crippen LogP) is 12.3. The van der Waals surface area contributed by atoms with Crippen LogP contribution in [-0.4, -0.2) is 43.6 Å². The van der Waals surface area contributed by atoms with Crippen LogP contribution in [0.4, 0.5) is 0 Å². The molecule has 0 aromatic heterocycles. The molecule has 8 nitrogen and oxygen atoms in total. The van der Waals surface area contributed by atoms with Gasteiger partial charge in [-0.25, -0.2) is 0 Å². The van der Waals surface area contributed by atoms with Crippen molar-refractivity contribution in [3.8, 4) is 0 Å². The second-order valence-electron chi connectivity index (χ2n) is 15.7. The van der Waals surface area contributed by atoms with E-state index in [2.05, 4.69) is 78.8 Å². The quantitative estimate of drug-likeness (QED) is 0.0666. The van der Waals surface area contributed by atoms with Crippen LogP contribution in [0.5, 0.6) is 0 Å². The van der Waals surface area contributed by atoms with Crippen LogP contribution in [0.2, 0.25) is 0 Å². The third-order valence-electron chi connectivity index (χ3n) is 10.0. The molecule has 4 N–H and O–H groups in total. The van der Waals surface area contributed by atoms with Crippen molar-refractivity contribution in [1.29, 1.82) is 0 Å². The van der Waals surface area contributed by atoms with Gasteiger partial charge in [0.05, 0.1) is 22.3 Å². The molecule has 2 aliphatic rings. The minimum Gasteiger partial charge on any atom is -0.504 e. The number of aliphatic hydroxyl groups is 4. The third kappa shape index (κ3) is 14.9. The van der Waals surface area contributed by atoms with Crippen molar-refractivity contribution in [3.63, 3.8) is 0 Å². The molecule has 0 aromatic rings. The van der Waals surface area contributed by atoms with Crippen LogP contribution < -0.4 is 0 Å². The summed E-state index contributed by atoms with van der Waals surface area (Å²) in [6, 6.07) is 0. The first-order valence-corrected chi connectivity index (χ1v) is 19.8. The minimum atomic E-state index is -1.10. The standard InChI is InChI=1S/C48H64O8/c1-30(2)15-10-17-32(5)19-12-20-34(7)22-14-24-36(9)26-28-38-43(51)47(55)40(48(56)44(38)52)29-39-45(53)41(49)37(42(50)46(39)54)27-25-35(8)23-13-21-33(6)18-11-16-31(3)4/h15-16,19,21-22,25-26,49,51,54,56H,10-14,17-18,20,23-24,27-29H2,1-9H3. The molecule has 0 unspecified atom stereocenters. The highest BCUT2D eigenvalue weighted by atomic mass is 16.3. The van der Waals surface area contributed by atoms with Gasteiger partial charge in [-0.1, -0.05) is 81.5 Å². The highest BCUT2D eigenvalue weighted by Gasteiger charge is 2.39. The number of ketones is 4. The Bertz CT molecular complexity index is 1880. The van der Waals surface area contributed by atoms with Crippen molar-refractivity contribution in [2.24, 2.45) is 0 Å². The lowest BCUT2D eigenvalue weighted by molar-refractivity contribution is -0.121. The summed E-state index contributed by atoms with van der Waals surface area (Å²) in [6.07, 6.45) is 22.5. The number of hydrogen-bond acceptors (Lipinski definition) is 8. The number of allylic oxidation sites excluding steroid dienone is 18. The van der Waals surface area contributed by atoms with Crippen LogP contribution in [-0.2, 0) is 19.2 Å². The SMILES string of the molecule is CC(C)=CCCC(C)=CCCC(C)=CCCC(C)=CCC1=C(O)C(=O)C(CC2=C(O)C(=O)C(CC=C(C)CCC=C(C)CCC=C(C)C)=C(O)C2=O)=C(O)C1=O. The molecule has 0 aromatic carbocycles. The molecule has 0 heterocycles. The molecule has 0 saturated carbocycles. The average Bonchev–Trinajstić information content (AvgIpc) is 3.12. The lowest BCUT2D eigenvalue weighted by Crippen LogP contribution is -2.28. The number of carbonyl (C=O) groups is 4. The Labute approximate surface area is 334 Å². The van der Waals surface area contributed by atoms with Gasteiger partial charge in [0.2, 0.25) is 23.1 Å². The summed E-state index contributed by atoms with van der Waals surface area (Å²) in [5, 5.41) is 43.0. The lowest BCUT2D eigenvalue weighted by Gasteiger charge is -2.21. The summed E-state index contributed by atoms with van der Waals surface area (Å²) in [5.74, 6) is -7.90. The zero-order chi connectivity index (χ0) is 42.1. The maximum atomic E-state index is 13.2. The second-order valence-corrected chi connectivity index (χ2v) is 15.7. The normalized spacial score (nSPS) is 16.8. The summed E-state index contributed by atoms with van der Waals surface area (Å²) < 4.78 is 0. The van der Waals surface area contributed by atoms with E-state index >= 15 is 0 Å². The van der Waals surface area contributed by atoms with E-state index in [9.17, 15) is 39.6 Å². The number of Topliss-reactive ketones (excluding diaryl/α,β-unsaturated/α-hetero) is 4. The van der Waals surface area contributed by atoms with E-state index < -0.39 is 63.7 Å². The molecular formula is C48H64O8. The van der Waals surface area contributed by atoms with Crippen LogP contribution in [0, 0.1) is 0 Å². The number of hydrogen-bond donors (Lipinski definition) is 4. The van der Waals surface area contributed by atoms with Gasteiger partial charge < -0.3 is 20.4 Å². The zero-order valence-corrected chi connectivity index (χ0v) is 35.2. The Kier molecular flexibility index (Phi) is 19.5. The van der Waals surface area contributed by atoms with Gasteiger partial charge >= 0.3 is 0 Å². The van der Waals surface area contributed by atoms with Gasteiger partial charge in [0.15, 0.2) is 23.0 Å². The van der Waals surface area contributed by atoms with E-state index in [0.29, 0.717) is 12.8 Å². The Hall–Kier alpha value is -4.98. The number of carbonyl (C=O) groups excluding carboxylic acids is 4. The summed E-state index contributed by atoms with van der Waals surface area (Å²) in [7, 11) is 0. The van der Waals surface area contributed by atoms with Crippen LogP contribution in [0.15, 0.2) is 127 Å². The molecule has 0 saturated heterocycles. The monoisotopic (exact) mass is 768 g/mol. The van der Waals surface area contributed by atoms with Crippen molar-refractivity contribution in [3.05, 3.63) is 127 Å². The van der Waals surface area contributed by atoms with Crippen molar-refractivity contribution < 1.29 is 39.6 Å². The third-order valence-corrected chi connectivity index (χ3v) is 10.0. The topological polar surface area (TPSA) is 149 Å². The van der Waals surface area contributed by atoms with E-state index in [1.165, 1.54) is 27.9 Å². The maximum Gasteiger partial charge on any atom is 0.227 e. The fraction of sp³-hybridized carbons (Fsp3) is 0.458. The molecule has 0 aliphatic heterocycles. The zero-order valence-electron chi connectivity index (χ0n) is 35.2. The van der Waals surface area contributed by atoms with Gasteiger partial charge in [-0.05, 0) is 139 Å². The maximum absolute atomic E-state index is 13.2.